The van der Waals surface area contributed by atoms with E-state index in [0.717, 1.165) is 12.8 Å². The van der Waals surface area contributed by atoms with Crippen LogP contribution in [0.4, 0.5) is 0 Å². The van der Waals surface area contributed by atoms with Crippen LogP contribution in [-0.2, 0) is 9.84 Å². The summed E-state index contributed by atoms with van der Waals surface area (Å²) < 4.78 is 23.0. The molecule has 0 rings (SSSR count). The fourth-order valence-corrected chi connectivity index (χ4v) is 3.16. The van der Waals surface area contributed by atoms with E-state index < -0.39 is 14.6 Å². The van der Waals surface area contributed by atoms with E-state index in [1.165, 1.54) is 44.8 Å². The molecule has 0 aromatic rings. The highest BCUT2D eigenvalue weighted by atomic mass is 32.2. The van der Waals surface area contributed by atoms with Gasteiger partial charge in [0.1, 0.15) is 0 Å². The zero-order chi connectivity index (χ0) is 14.9. The summed E-state index contributed by atoms with van der Waals surface area (Å²) in [5.74, 6) is 0. The van der Waals surface area contributed by atoms with Crippen molar-refractivity contribution >= 4 is 9.84 Å². The Kier molecular flexibility index (Phi) is 8.92. The van der Waals surface area contributed by atoms with E-state index >= 15 is 0 Å². The molecule has 116 valence electrons. The predicted octanol–water partition coefficient (Wildman–Crippen LogP) is 3.54. The van der Waals surface area contributed by atoms with Gasteiger partial charge in [-0.15, -0.1) is 0 Å². The van der Waals surface area contributed by atoms with Crippen LogP contribution in [0, 0.1) is 0 Å². The molecule has 19 heavy (non-hydrogen) atoms. The van der Waals surface area contributed by atoms with Crippen LogP contribution in [0.2, 0.25) is 0 Å². The first-order chi connectivity index (χ1) is 8.77. The molecule has 0 fully saturated rings. The maximum atomic E-state index is 11.8. The topological polar surface area (TPSA) is 46.2 Å². The van der Waals surface area contributed by atoms with E-state index in [2.05, 4.69) is 12.2 Å². The van der Waals surface area contributed by atoms with Gasteiger partial charge >= 0.3 is 0 Å². The second-order valence-electron chi connectivity index (χ2n) is 6.13. The van der Waals surface area contributed by atoms with Gasteiger partial charge in [-0.25, -0.2) is 8.42 Å². The lowest BCUT2D eigenvalue weighted by Crippen LogP contribution is -2.50. The smallest absolute Gasteiger partial charge is 0.154 e. The van der Waals surface area contributed by atoms with E-state index in [9.17, 15) is 8.42 Å². The van der Waals surface area contributed by atoms with Gasteiger partial charge in [0, 0.05) is 12.3 Å². The lowest BCUT2D eigenvalue weighted by Gasteiger charge is -2.32. The van der Waals surface area contributed by atoms with E-state index in [0.29, 0.717) is 0 Å². The maximum absolute atomic E-state index is 11.8. The summed E-state index contributed by atoms with van der Waals surface area (Å²) in [4.78, 5) is 0. The van der Waals surface area contributed by atoms with E-state index in [1.54, 1.807) is 0 Å². The van der Waals surface area contributed by atoms with Gasteiger partial charge in [0.15, 0.2) is 9.84 Å². The van der Waals surface area contributed by atoms with Crippen LogP contribution in [0.15, 0.2) is 0 Å². The van der Waals surface area contributed by atoms with Crippen LogP contribution in [0.1, 0.15) is 72.1 Å². The summed E-state index contributed by atoms with van der Waals surface area (Å²) in [5, 5.41) is 3.18. The zero-order valence-corrected chi connectivity index (χ0v) is 14.3. The third-order valence-electron chi connectivity index (χ3n) is 4.24. The highest BCUT2D eigenvalue weighted by molar-refractivity contribution is 7.92. The first-order valence-corrected chi connectivity index (χ1v) is 9.53. The van der Waals surface area contributed by atoms with Gasteiger partial charge in [-0.2, -0.15) is 0 Å². The molecule has 0 saturated heterocycles. The van der Waals surface area contributed by atoms with Crippen molar-refractivity contribution in [1.29, 1.82) is 0 Å². The second kappa shape index (κ2) is 8.96. The Hall–Kier alpha value is -0.0900. The Morgan fingerprint density at radius 2 is 1.47 bits per heavy atom. The number of hydrogen-bond donors (Lipinski definition) is 1. The summed E-state index contributed by atoms with van der Waals surface area (Å²) in [6.45, 7) is 5.88. The summed E-state index contributed by atoms with van der Waals surface area (Å²) in [7, 11) is -1.17. The molecule has 0 spiro atoms. The molecule has 0 saturated carbocycles. The lowest BCUT2D eigenvalue weighted by atomic mass is 9.96. The van der Waals surface area contributed by atoms with Crippen molar-refractivity contribution in [2.24, 2.45) is 0 Å². The van der Waals surface area contributed by atoms with Crippen LogP contribution in [0.3, 0.4) is 0 Å². The number of nitrogens with one attached hydrogen (secondary N) is 1. The van der Waals surface area contributed by atoms with Crippen molar-refractivity contribution in [1.82, 2.24) is 5.32 Å². The predicted molar refractivity (Wildman–Crippen MR) is 84.4 cm³/mol. The molecule has 0 aliphatic heterocycles. The average Bonchev–Trinajstić information content (AvgIpc) is 2.31. The molecule has 0 heterocycles. The molecule has 1 N–H and O–H groups in total. The fourth-order valence-electron chi connectivity index (χ4n) is 2.40. The first kappa shape index (κ1) is 18.9. The number of unbranched alkanes of at least 4 members (excludes halogenated alkanes) is 6. The zero-order valence-electron chi connectivity index (χ0n) is 13.5. The standard InChI is InChI=1S/C15H33NO2S/c1-6-7-8-9-10-11-12-13-14(16-4)15(2,3)19(5,17)18/h14,16H,6-13H2,1-5H3. The minimum Gasteiger partial charge on any atom is -0.315 e. The highest BCUT2D eigenvalue weighted by Gasteiger charge is 2.37. The Morgan fingerprint density at radius 3 is 1.89 bits per heavy atom. The number of rotatable bonds is 11. The molecule has 0 radical (unpaired) electrons. The summed E-state index contributed by atoms with van der Waals surface area (Å²) >= 11 is 0. The molecule has 3 nitrogen and oxygen atoms in total. The molecule has 0 aromatic carbocycles. The Bertz CT molecular complexity index is 323. The van der Waals surface area contributed by atoms with Gasteiger partial charge in [0.25, 0.3) is 0 Å². The van der Waals surface area contributed by atoms with Gasteiger partial charge in [0.2, 0.25) is 0 Å². The summed E-state index contributed by atoms with van der Waals surface area (Å²) in [5.41, 5.74) is 0. The van der Waals surface area contributed by atoms with Gasteiger partial charge in [-0.1, -0.05) is 51.9 Å². The largest absolute Gasteiger partial charge is 0.315 e. The Morgan fingerprint density at radius 1 is 1.00 bits per heavy atom. The van der Waals surface area contributed by atoms with E-state index in [1.807, 2.05) is 20.9 Å². The van der Waals surface area contributed by atoms with Crippen LogP contribution in [0.25, 0.3) is 0 Å². The fraction of sp³-hybridized carbons (Fsp3) is 1.00. The Labute approximate surface area is 120 Å². The number of hydrogen-bond acceptors (Lipinski definition) is 3. The van der Waals surface area contributed by atoms with Gasteiger partial charge in [-0.05, 0) is 27.3 Å². The quantitative estimate of drug-likeness (QED) is 0.592. The molecular weight excluding hydrogens is 258 g/mol. The molecule has 0 aliphatic rings. The molecule has 4 heteroatoms. The molecule has 0 amide bonds. The van der Waals surface area contributed by atoms with Gasteiger partial charge in [0.05, 0.1) is 4.75 Å². The van der Waals surface area contributed by atoms with Crippen LogP contribution >= 0.6 is 0 Å². The van der Waals surface area contributed by atoms with Crippen molar-refractivity contribution in [3.8, 4) is 0 Å². The summed E-state index contributed by atoms with van der Waals surface area (Å²) in [6, 6.07) is 0.0399. The normalized spacial score (nSPS) is 14.6. The van der Waals surface area contributed by atoms with Crippen molar-refractivity contribution in [2.45, 2.75) is 82.9 Å². The molecule has 1 atom stereocenters. The van der Waals surface area contributed by atoms with Gasteiger partial charge in [-0.3, -0.25) is 0 Å². The minimum atomic E-state index is -3.03. The Balaban J connectivity index is 4.02. The number of sulfone groups is 1. The molecule has 0 aliphatic carbocycles. The maximum Gasteiger partial charge on any atom is 0.154 e. The van der Waals surface area contributed by atoms with Crippen LogP contribution in [0.5, 0.6) is 0 Å². The molecule has 1 unspecified atom stereocenters. The molecule has 0 bridgehead atoms. The van der Waals surface area contributed by atoms with Crippen molar-refractivity contribution in [3.63, 3.8) is 0 Å². The molecular formula is C15H33NO2S. The summed E-state index contributed by atoms with van der Waals surface area (Å²) in [6.07, 6.45) is 11.1. The third-order valence-corrected chi connectivity index (χ3v) is 6.44. The van der Waals surface area contributed by atoms with Gasteiger partial charge < -0.3 is 5.32 Å². The SMILES string of the molecule is CCCCCCCCCC(NC)C(C)(C)S(C)(=O)=O. The molecule has 0 aromatic heterocycles. The van der Waals surface area contributed by atoms with E-state index in [-0.39, 0.29) is 6.04 Å². The van der Waals surface area contributed by atoms with E-state index in [4.69, 9.17) is 0 Å². The van der Waals surface area contributed by atoms with Crippen LogP contribution in [-0.4, -0.2) is 32.5 Å². The van der Waals surface area contributed by atoms with Crippen molar-refractivity contribution < 1.29 is 8.42 Å². The second-order valence-corrected chi connectivity index (χ2v) is 8.72. The average molecular weight is 292 g/mol. The highest BCUT2D eigenvalue weighted by Crippen LogP contribution is 2.24. The first-order valence-electron chi connectivity index (χ1n) is 7.64. The van der Waals surface area contributed by atoms with Crippen molar-refractivity contribution in [3.05, 3.63) is 0 Å². The minimum absolute atomic E-state index is 0.0399. The van der Waals surface area contributed by atoms with Crippen LogP contribution < -0.4 is 5.32 Å². The van der Waals surface area contributed by atoms with Crippen molar-refractivity contribution in [2.75, 3.05) is 13.3 Å². The monoisotopic (exact) mass is 291 g/mol. The third kappa shape index (κ3) is 6.75. The lowest BCUT2D eigenvalue weighted by molar-refractivity contribution is 0.395.